The zero-order valence-electron chi connectivity index (χ0n) is 11.1. The van der Waals surface area contributed by atoms with Crippen LogP contribution in [0.2, 0.25) is 0 Å². The Morgan fingerprint density at radius 2 is 1.94 bits per heavy atom. The first-order valence-corrected chi connectivity index (χ1v) is 7.64. The lowest BCUT2D eigenvalue weighted by molar-refractivity contribution is 0.296. The molecule has 4 heteroatoms. The van der Waals surface area contributed by atoms with Gasteiger partial charge in [-0.05, 0) is 60.9 Å². The molecule has 100 valence electrons. The van der Waals surface area contributed by atoms with Crippen LogP contribution in [-0.2, 0) is 0 Å². The molecule has 2 heterocycles. The predicted molar refractivity (Wildman–Crippen MR) is 80.1 cm³/mol. The molecule has 1 saturated heterocycles. The standard InChI is InChI=1S/C14H22BrN3/c1-12-13(15)6-7-14(17-12)16-8-11-18-9-4-2-3-5-10-18/h6-7H,2-5,8-11H2,1H3,(H,16,17). The molecule has 0 bridgehead atoms. The Morgan fingerprint density at radius 1 is 1.22 bits per heavy atom. The lowest BCUT2D eigenvalue weighted by atomic mass is 10.2. The van der Waals surface area contributed by atoms with Crippen molar-refractivity contribution < 1.29 is 0 Å². The van der Waals surface area contributed by atoms with Crippen LogP contribution in [-0.4, -0.2) is 36.1 Å². The van der Waals surface area contributed by atoms with Crippen molar-refractivity contribution in [2.75, 3.05) is 31.5 Å². The number of halogens is 1. The predicted octanol–water partition coefficient (Wildman–Crippen LogP) is 3.44. The summed E-state index contributed by atoms with van der Waals surface area (Å²) in [4.78, 5) is 7.06. The van der Waals surface area contributed by atoms with Crippen LogP contribution in [0.4, 0.5) is 5.82 Å². The number of nitrogens with one attached hydrogen (secondary N) is 1. The van der Waals surface area contributed by atoms with Gasteiger partial charge >= 0.3 is 0 Å². The molecule has 0 unspecified atom stereocenters. The Kier molecular flexibility index (Phi) is 5.45. The van der Waals surface area contributed by atoms with Crippen molar-refractivity contribution in [3.05, 3.63) is 22.3 Å². The number of rotatable bonds is 4. The summed E-state index contributed by atoms with van der Waals surface area (Å²) < 4.78 is 1.07. The third-order valence-electron chi connectivity index (χ3n) is 3.45. The highest BCUT2D eigenvalue weighted by Gasteiger charge is 2.08. The number of likely N-dealkylation sites (tertiary alicyclic amines) is 1. The molecule has 1 N–H and O–H groups in total. The van der Waals surface area contributed by atoms with Gasteiger partial charge in [-0.15, -0.1) is 0 Å². The number of hydrogen-bond donors (Lipinski definition) is 1. The molecule has 18 heavy (non-hydrogen) atoms. The highest BCUT2D eigenvalue weighted by atomic mass is 79.9. The summed E-state index contributed by atoms with van der Waals surface area (Å²) in [6.45, 7) is 6.64. The van der Waals surface area contributed by atoms with Crippen molar-refractivity contribution in [3.63, 3.8) is 0 Å². The van der Waals surface area contributed by atoms with Crippen LogP contribution < -0.4 is 5.32 Å². The lowest BCUT2D eigenvalue weighted by Gasteiger charge is -2.19. The van der Waals surface area contributed by atoms with E-state index in [1.54, 1.807) is 0 Å². The third kappa shape index (κ3) is 4.25. The van der Waals surface area contributed by atoms with Gasteiger partial charge in [0.1, 0.15) is 5.82 Å². The maximum absolute atomic E-state index is 4.50. The van der Waals surface area contributed by atoms with E-state index in [0.717, 1.165) is 29.1 Å². The van der Waals surface area contributed by atoms with Gasteiger partial charge in [0.05, 0.1) is 5.69 Å². The van der Waals surface area contributed by atoms with E-state index < -0.39 is 0 Å². The summed E-state index contributed by atoms with van der Waals surface area (Å²) in [5, 5.41) is 3.41. The van der Waals surface area contributed by atoms with E-state index >= 15 is 0 Å². The first kappa shape index (κ1) is 13.8. The number of pyridine rings is 1. The van der Waals surface area contributed by atoms with Crippen molar-refractivity contribution >= 4 is 21.7 Å². The fourth-order valence-corrected chi connectivity index (χ4v) is 2.57. The number of nitrogens with zero attached hydrogens (tertiary/aromatic N) is 2. The van der Waals surface area contributed by atoms with E-state index in [-0.39, 0.29) is 0 Å². The molecule has 0 saturated carbocycles. The van der Waals surface area contributed by atoms with E-state index in [1.165, 1.54) is 38.8 Å². The van der Waals surface area contributed by atoms with Crippen molar-refractivity contribution in [2.24, 2.45) is 0 Å². The normalized spacial score (nSPS) is 17.4. The number of aromatic nitrogens is 1. The molecule has 0 radical (unpaired) electrons. The minimum Gasteiger partial charge on any atom is -0.369 e. The average Bonchev–Trinajstić information content (AvgIpc) is 2.62. The lowest BCUT2D eigenvalue weighted by Crippen LogP contribution is -2.30. The molecule has 2 rings (SSSR count). The Labute approximate surface area is 118 Å². The first-order chi connectivity index (χ1) is 8.75. The van der Waals surface area contributed by atoms with Gasteiger partial charge < -0.3 is 10.2 Å². The fraction of sp³-hybridized carbons (Fsp3) is 0.643. The summed E-state index contributed by atoms with van der Waals surface area (Å²) in [7, 11) is 0. The van der Waals surface area contributed by atoms with E-state index in [4.69, 9.17) is 0 Å². The van der Waals surface area contributed by atoms with Crippen LogP contribution >= 0.6 is 15.9 Å². The van der Waals surface area contributed by atoms with Crippen molar-refractivity contribution in [2.45, 2.75) is 32.6 Å². The summed E-state index contributed by atoms with van der Waals surface area (Å²) in [6.07, 6.45) is 5.51. The van der Waals surface area contributed by atoms with E-state index in [2.05, 4.69) is 37.2 Å². The largest absolute Gasteiger partial charge is 0.369 e. The molecular formula is C14H22BrN3. The zero-order valence-corrected chi connectivity index (χ0v) is 12.7. The monoisotopic (exact) mass is 311 g/mol. The highest BCUT2D eigenvalue weighted by Crippen LogP contribution is 2.16. The van der Waals surface area contributed by atoms with Gasteiger partial charge in [-0.1, -0.05) is 12.8 Å². The molecule has 0 spiro atoms. The molecular weight excluding hydrogens is 290 g/mol. The fourth-order valence-electron chi connectivity index (χ4n) is 2.34. The topological polar surface area (TPSA) is 28.2 Å². The highest BCUT2D eigenvalue weighted by molar-refractivity contribution is 9.10. The van der Waals surface area contributed by atoms with Crippen molar-refractivity contribution in [3.8, 4) is 0 Å². The average molecular weight is 312 g/mol. The second-order valence-electron chi connectivity index (χ2n) is 4.95. The quantitative estimate of drug-likeness (QED) is 0.923. The van der Waals surface area contributed by atoms with Gasteiger partial charge in [0, 0.05) is 17.6 Å². The van der Waals surface area contributed by atoms with Crippen molar-refractivity contribution in [1.29, 1.82) is 0 Å². The second-order valence-corrected chi connectivity index (χ2v) is 5.80. The Morgan fingerprint density at radius 3 is 2.61 bits per heavy atom. The van der Waals surface area contributed by atoms with Gasteiger partial charge in [0.15, 0.2) is 0 Å². The van der Waals surface area contributed by atoms with Crippen LogP contribution in [0.1, 0.15) is 31.4 Å². The SMILES string of the molecule is Cc1nc(NCCN2CCCCCC2)ccc1Br. The number of aryl methyl sites for hydroxylation is 1. The molecule has 0 atom stereocenters. The third-order valence-corrected chi connectivity index (χ3v) is 4.29. The van der Waals surface area contributed by atoms with Crippen LogP contribution in [0.15, 0.2) is 16.6 Å². The maximum atomic E-state index is 4.50. The number of hydrogen-bond acceptors (Lipinski definition) is 3. The van der Waals surface area contributed by atoms with Gasteiger partial charge in [-0.25, -0.2) is 4.98 Å². The minimum atomic E-state index is 0.977. The summed E-state index contributed by atoms with van der Waals surface area (Å²) in [5.41, 5.74) is 1.04. The van der Waals surface area contributed by atoms with E-state index in [1.807, 2.05) is 13.0 Å². The molecule has 0 aliphatic carbocycles. The van der Waals surface area contributed by atoms with Gasteiger partial charge in [-0.3, -0.25) is 0 Å². The zero-order chi connectivity index (χ0) is 12.8. The van der Waals surface area contributed by atoms with Crippen molar-refractivity contribution in [1.82, 2.24) is 9.88 Å². The van der Waals surface area contributed by atoms with Crippen LogP contribution in [0, 0.1) is 6.92 Å². The summed E-state index contributed by atoms with van der Waals surface area (Å²) >= 11 is 3.47. The van der Waals surface area contributed by atoms with Crippen LogP contribution in [0.5, 0.6) is 0 Å². The maximum Gasteiger partial charge on any atom is 0.126 e. The van der Waals surface area contributed by atoms with Crippen LogP contribution in [0.25, 0.3) is 0 Å². The molecule has 1 fully saturated rings. The smallest absolute Gasteiger partial charge is 0.126 e. The Balaban J connectivity index is 1.75. The molecule has 1 aromatic rings. The molecule has 1 aliphatic rings. The first-order valence-electron chi connectivity index (χ1n) is 6.85. The minimum absolute atomic E-state index is 0.977. The molecule has 1 aliphatic heterocycles. The summed E-state index contributed by atoms with van der Waals surface area (Å²) in [5.74, 6) is 0.977. The summed E-state index contributed by atoms with van der Waals surface area (Å²) in [6, 6.07) is 4.08. The second kappa shape index (κ2) is 7.10. The number of anilines is 1. The van der Waals surface area contributed by atoms with Gasteiger partial charge in [0.2, 0.25) is 0 Å². The van der Waals surface area contributed by atoms with Crippen LogP contribution in [0.3, 0.4) is 0 Å². The molecule has 3 nitrogen and oxygen atoms in total. The molecule has 1 aromatic heterocycles. The van der Waals surface area contributed by atoms with E-state index in [0.29, 0.717) is 0 Å². The molecule has 0 amide bonds. The Hall–Kier alpha value is -0.610. The van der Waals surface area contributed by atoms with Gasteiger partial charge in [-0.2, -0.15) is 0 Å². The van der Waals surface area contributed by atoms with Gasteiger partial charge in [0.25, 0.3) is 0 Å². The van der Waals surface area contributed by atoms with E-state index in [9.17, 15) is 0 Å². The Bertz CT molecular complexity index is 373. The molecule has 0 aromatic carbocycles.